The zero-order chi connectivity index (χ0) is 12.8. The first-order valence-electron chi connectivity index (χ1n) is 5.59. The van der Waals surface area contributed by atoms with Gasteiger partial charge in [0.05, 0.1) is 5.69 Å². The number of hydrogen-bond acceptors (Lipinski definition) is 5. The number of aromatic nitrogens is 2. The lowest BCUT2D eigenvalue weighted by molar-refractivity contribution is 0.191. The summed E-state index contributed by atoms with van der Waals surface area (Å²) in [7, 11) is 1.67. The summed E-state index contributed by atoms with van der Waals surface area (Å²) in [6.07, 6.45) is 0.857. The lowest BCUT2D eigenvalue weighted by atomic mass is 10.1. The highest BCUT2D eigenvalue weighted by Crippen LogP contribution is 2.18. The van der Waals surface area contributed by atoms with Crippen LogP contribution in [0.3, 0.4) is 0 Å². The van der Waals surface area contributed by atoms with Crippen LogP contribution in [0.2, 0.25) is 0 Å². The first kappa shape index (κ1) is 13.4. The maximum Gasteiger partial charge on any atom is 0.167 e. The molecule has 5 heteroatoms. The standard InChI is InChI=1S/C12H18N4O/c1-8(5-6-17-4)14-12-11(7-13)9(2)10(3)15-16-12/h8H,5-6H2,1-4H3,(H,14,16). The van der Waals surface area contributed by atoms with E-state index in [2.05, 4.69) is 21.6 Å². The van der Waals surface area contributed by atoms with E-state index in [1.54, 1.807) is 7.11 Å². The summed E-state index contributed by atoms with van der Waals surface area (Å²) >= 11 is 0. The molecule has 0 aliphatic rings. The molecule has 0 bridgehead atoms. The number of methoxy groups -OCH3 is 1. The van der Waals surface area contributed by atoms with E-state index in [1.165, 1.54) is 0 Å². The smallest absolute Gasteiger partial charge is 0.167 e. The fourth-order valence-electron chi connectivity index (χ4n) is 1.45. The minimum Gasteiger partial charge on any atom is -0.385 e. The normalized spacial score (nSPS) is 11.9. The topological polar surface area (TPSA) is 70.8 Å². The van der Waals surface area contributed by atoms with E-state index in [1.807, 2.05) is 20.8 Å². The maximum atomic E-state index is 9.13. The van der Waals surface area contributed by atoms with Crippen molar-refractivity contribution in [2.24, 2.45) is 0 Å². The second kappa shape index (κ2) is 6.16. The van der Waals surface area contributed by atoms with Gasteiger partial charge in [-0.1, -0.05) is 0 Å². The number of anilines is 1. The first-order chi connectivity index (χ1) is 8.10. The van der Waals surface area contributed by atoms with E-state index < -0.39 is 0 Å². The number of ether oxygens (including phenoxy) is 1. The van der Waals surface area contributed by atoms with Gasteiger partial charge in [0.1, 0.15) is 11.6 Å². The third kappa shape index (κ3) is 3.40. The second-order valence-corrected chi connectivity index (χ2v) is 4.07. The molecule has 0 saturated heterocycles. The van der Waals surface area contributed by atoms with Crippen LogP contribution < -0.4 is 5.32 Å². The van der Waals surface area contributed by atoms with Crippen LogP contribution in [-0.4, -0.2) is 30.0 Å². The highest BCUT2D eigenvalue weighted by molar-refractivity contribution is 5.56. The molecule has 92 valence electrons. The zero-order valence-electron chi connectivity index (χ0n) is 10.7. The lowest BCUT2D eigenvalue weighted by Gasteiger charge is -2.15. The Kier molecular flexibility index (Phi) is 4.85. The Labute approximate surface area is 102 Å². The van der Waals surface area contributed by atoms with Crippen molar-refractivity contribution in [2.75, 3.05) is 19.0 Å². The van der Waals surface area contributed by atoms with Crippen molar-refractivity contribution in [1.29, 1.82) is 5.26 Å². The quantitative estimate of drug-likeness (QED) is 0.841. The van der Waals surface area contributed by atoms with Gasteiger partial charge in [-0.25, -0.2) is 0 Å². The summed E-state index contributed by atoms with van der Waals surface area (Å²) in [5, 5.41) is 20.4. The Balaban J connectivity index is 2.85. The molecule has 0 fully saturated rings. The predicted molar refractivity (Wildman–Crippen MR) is 65.8 cm³/mol. The molecular formula is C12H18N4O. The SMILES string of the molecule is COCCC(C)Nc1nnc(C)c(C)c1C#N. The molecule has 0 aromatic carbocycles. The van der Waals surface area contributed by atoms with E-state index in [-0.39, 0.29) is 6.04 Å². The summed E-state index contributed by atoms with van der Waals surface area (Å²) in [5.74, 6) is 0.555. The number of rotatable bonds is 5. The van der Waals surface area contributed by atoms with Crippen LogP contribution >= 0.6 is 0 Å². The summed E-state index contributed by atoms with van der Waals surface area (Å²) < 4.78 is 5.01. The van der Waals surface area contributed by atoms with Gasteiger partial charge in [0.2, 0.25) is 0 Å². The molecule has 0 spiro atoms. The maximum absolute atomic E-state index is 9.13. The van der Waals surface area contributed by atoms with E-state index in [0.717, 1.165) is 17.7 Å². The molecule has 1 unspecified atom stereocenters. The summed E-state index contributed by atoms with van der Waals surface area (Å²) in [6, 6.07) is 2.36. The molecule has 1 atom stereocenters. The van der Waals surface area contributed by atoms with Gasteiger partial charge in [-0.2, -0.15) is 10.4 Å². The molecule has 5 nitrogen and oxygen atoms in total. The fourth-order valence-corrected chi connectivity index (χ4v) is 1.45. The van der Waals surface area contributed by atoms with Crippen molar-refractivity contribution in [2.45, 2.75) is 33.2 Å². The van der Waals surface area contributed by atoms with Crippen LogP contribution in [0.4, 0.5) is 5.82 Å². The van der Waals surface area contributed by atoms with Gasteiger partial charge in [0.15, 0.2) is 5.82 Å². The highest BCUT2D eigenvalue weighted by atomic mass is 16.5. The van der Waals surface area contributed by atoms with Crippen LogP contribution in [0.5, 0.6) is 0 Å². The lowest BCUT2D eigenvalue weighted by Crippen LogP contribution is -2.19. The van der Waals surface area contributed by atoms with Crippen LogP contribution in [-0.2, 0) is 4.74 Å². The van der Waals surface area contributed by atoms with Gasteiger partial charge >= 0.3 is 0 Å². The first-order valence-corrected chi connectivity index (χ1v) is 5.59. The predicted octanol–water partition coefficient (Wildman–Crippen LogP) is 1.80. The van der Waals surface area contributed by atoms with Gasteiger partial charge in [-0.05, 0) is 32.8 Å². The molecule has 17 heavy (non-hydrogen) atoms. The fraction of sp³-hybridized carbons (Fsp3) is 0.583. The molecule has 0 aliphatic heterocycles. The molecule has 1 aromatic rings. The average Bonchev–Trinajstić information content (AvgIpc) is 2.32. The van der Waals surface area contributed by atoms with Crippen molar-refractivity contribution < 1.29 is 4.74 Å². The van der Waals surface area contributed by atoms with Crippen LogP contribution in [0.15, 0.2) is 0 Å². The van der Waals surface area contributed by atoms with Gasteiger partial charge in [-0.3, -0.25) is 0 Å². The Morgan fingerprint density at radius 3 is 2.71 bits per heavy atom. The molecule has 0 aliphatic carbocycles. The summed E-state index contributed by atoms with van der Waals surface area (Å²) in [6.45, 7) is 6.43. The molecule has 0 amide bonds. The monoisotopic (exact) mass is 234 g/mol. The summed E-state index contributed by atoms with van der Waals surface area (Å²) in [5.41, 5.74) is 2.24. The molecular weight excluding hydrogens is 216 g/mol. The minimum absolute atomic E-state index is 0.193. The largest absolute Gasteiger partial charge is 0.385 e. The van der Waals surface area contributed by atoms with Crippen LogP contribution in [0.1, 0.15) is 30.2 Å². The van der Waals surface area contributed by atoms with Crippen LogP contribution in [0, 0.1) is 25.2 Å². The van der Waals surface area contributed by atoms with Gasteiger partial charge in [-0.15, -0.1) is 5.10 Å². The third-order valence-electron chi connectivity index (χ3n) is 2.70. The molecule has 0 saturated carbocycles. The molecule has 1 N–H and O–H groups in total. The van der Waals surface area contributed by atoms with Crippen molar-refractivity contribution in [3.63, 3.8) is 0 Å². The molecule has 1 heterocycles. The number of nitrogens with one attached hydrogen (secondary N) is 1. The Morgan fingerprint density at radius 2 is 2.12 bits per heavy atom. The number of hydrogen-bond donors (Lipinski definition) is 1. The Hall–Kier alpha value is -1.67. The summed E-state index contributed by atoms with van der Waals surface area (Å²) in [4.78, 5) is 0. The van der Waals surface area contributed by atoms with E-state index in [4.69, 9.17) is 10.00 Å². The number of aryl methyl sites for hydroxylation is 1. The van der Waals surface area contributed by atoms with Gasteiger partial charge in [0, 0.05) is 19.8 Å². The van der Waals surface area contributed by atoms with Gasteiger partial charge < -0.3 is 10.1 Å². The zero-order valence-corrected chi connectivity index (χ0v) is 10.7. The van der Waals surface area contributed by atoms with Crippen molar-refractivity contribution in [3.05, 3.63) is 16.8 Å². The highest BCUT2D eigenvalue weighted by Gasteiger charge is 2.12. The molecule has 1 rings (SSSR count). The van der Waals surface area contributed by atoms with Crippen LogP contribution in [0.25, 0.3) is 0 Å². The Morgan fingerprint density at radius 1 is 1.41 bits per heavy atom. The molecule has 0 radical (unpaired) electrons. The van der Waals surface area contributed by atoms with Crippen molar-refractivity contribution >= 4 is 5.82 Å². The molecule has 1 aromatic heterocycles. The number of nitrogens with zero attached hydrogens (tertiary/aromatic N) is 3. The van der Waals surface area contributed by atoms with E-state index in [9.17, 15) is 0 Å². The average molecular weight is 234 g/mol. The van der Waals surface area contributed by atoms with E-state index >= 15 is 0 Å². The minimum atomic E-state index is 0.193. The third-order valence-corrected chi connectivity index (χ3v) is 2.70. The second-order valence-electron chi connectivity index (χ2n) is 4.07. The van der Waals surface area contributed by atoms with Gasteiger partial charge in [0.25, 0.3) is 0 Å². The number of nitriles is 1. The van der Waals surface area contributed by atoms with E-state index in [0.29, 0.717) is 18.0 Å². The Bertz CT molecular complexity index is 425. The van der Waals surface area contributed by atoms with Crippen molar-refractivity contribution in [3.8, 4) is 6.07 Å². The van der Waals surface area contributed by atoms with Crippen molar-refractivity contribution in [1.82, 2.24) is 10.2 Å².